The van der Waals surface area contributed by atoms with Crippen LogP contribution in [0.3, 0.4) is 0 Å². The Labute approximate surface area is 247 Å². The van der Waals surface area contributed by atoms with Gasteiger partial charge in [-0.05, 0) is 61.7 Å². The van der Waals surface area contributed by atoms with Gasteiger partial charge in [0.15, 0.2) is 0 Å². The van der Waals surface area contributed by atoms with Crippen LogP contribution in [0.2, 0.25) is 10.0 Å². The highest BCUT2D eigenvalue weighted by Gasteiger charge is 2.28. The van der Waals surface area contributed by atoms with Gasteiger partial charge in [0.25, 0.3) is 10.0 Å². The number of amides is 1. The lowest BCUT2D eigenvalue weighted by Crippen LogP contribution is -2.33. The van der Waals surface area contributed by atoms with Gasteiger partial charge in [-0.2, -0.15) is 0 Å². The molecule has 1 aliphatic heterocycles. The predicted molar refractivity (Wildman–Crippen MR) is 157 cm³/mol. The van der Waals surface area contributed by atoms with Gasteiger partial charge >= 0.3 is 6.09 Å². The molecule has 2 N–H and O–H groups in total. The van der Waals surface area contributed by atoms with Crippen molar-refractivity contribution in [3.05, 3.63) is 87.3 Å². The van der Waals surface area contributed by atoms with E-state index in [-0.39, 0.29) is 24.1 Å². The number of anilines is 1. The van der Waals surface area contributed by atoms with Gasteiger partial charge in [-0.15, -0.1) is 0 Å². The van der Waals surface area contributed by atoms with E-state index < -0.39 is 26.3 Å². The van der Waals surface area contributed by atoms with Crippen molar-refractivity contribution >= 4 is 55.9 Å². The van der Waals surface area contributed by atoms with Gasteiger partial charge in [-0.3, -0.25) is 9.62 Å². The Bertz CT molecular complexity index is 1750. The molecule has 5 rings (SSSR count). The molecule has 0 atom stereocenters. The highest BCUT2D eigenvalue weighted by atomic mass is 35.5. The summed E-state index contributed by atoms with van der Waals surface area (Å²) >= 11 is 12.3. The highest BCUT2D eigenvalue weighted by Crippen LogP contribution is 2.36. The number of hydrogen-bond donors (Lipinski definition) is 2. The van der Waals surface area contributed by atoms with E-state index in [1.807, 2.05) is 39.0 Å². The smallest absolute Gasteiger partial charge is 0.410 e. The zero-order valence-corrected chi connectivity index (χ0v) is 24.9. The molecule has 0 radical (unpaired) electrons. The molecule has 0 saturated carbocycles. The van der Waals surface area contributed by atoms with Crippen LogP contribution in [0.1, 0.15) is 37.5 Å². The number of rotatable bonds is 7. The molecular formula is C29H28Cl2FN3O5S. The number of halogens is 3. The zero-order chi connectivity index (χ0) is 29.5. The maximum atomic E-state index is 14.9. The summed E-state index contributed by atoms with van der Waals surface area (Å²) in [5, 5.41) is 1.15. The summed E-state index contributed by atoms with van der Waals surface area (Å²) in [5.74, 6) is -0.756. The monoisotopic (exact) mass is 619 g/mol. The minimum absolute atomic E-state index is 0.180. The lowest BCUT2D eigenvalue weighted by atomic mass is 10.0. The van der Waals surface area contributed by atoms with Crippen LogP contribution in [0.15, 0.2) is 59.6 Å². The molecule has 1 aromatic heterocycles. The van der Waals surface area contributed by atoms with E-state index in [0.717, 1.165) is 28.8 Å². The van der Waals surface area contributed by atoms with Crippen molar-refractivity contribution in [1.82, 2.24) is 9.88 Å². The van der Waals surface area contributed by atoms with Gasteiger partial charge in [0.1, 0.15) is 22.1 Å². The molecule has 2 heterocycles. The molecule has 0 spiro atoms. The fourth-order valence-corrected chi connectivity index (χ4v) is 6.28. The number of hydrogen-bond acceptors (Lipinski definition) is 5. The number of ether oxygens (including phenoxy) is 2. The van der Waals surface area contributed by atoms with E-state index in [9.17, 15) is 17.6 Å². The van der Waals surface area contributed by atoms with Crippen LogP contribution in [0.5, 0.6) is 5.75 Å². The molecule has 8 nitrogen and oxygen atoms in total. The van der Waals surface area contributed by atoms with Gasteiger partial charge in [-0.1, -0.05) is 41.4 Å². The summed E-state index contributed by atoms with van der Waals surface area (Å²) < 4.78 is 54.5. The van der Waals surface area contributed by atoms with E-state index in [1.54, 1.807) is 4.90 Å². The van der Waals surface area contributed by atoms with Gasteiger partial charge in [0.05, 0.1) is 27.9 Å². The van der Waals surface area contributed by atoms with Crippen molar-refractivity contribution in [2.75, 3.05) is 11.3 Å². The van der Waals surface area contributed by atoms with Gasteiger partial charge in [-0.25, -0.2) is 17.6 Å². The minimum atomic E-state index is -4.27. The number of H-pyrrole nitrogens is 1. The average molecular weight is 621 g/mol. The topological polar surface area (TPSA) is 101 Å². The number of nitrogens with one attached hydrogen (secondary N) is 2. The van der Waals surface area contributed by atoms with E-state index in [2.05, 4.69) is 9.71 Å². The lowest BCUT2D eigenvalue weighted by Gasteiger charge is -2.24. The van der Waals surface area contributed by atoms with Gasteiger partial charge in [0, 0.05) is 37.2 Å². The molecule has 1 aliphatic rings. The first-order valence-corrected chi connectivity index (χ1v) is 15.0. The fourth-order valence-electron chi connectivity index (χ4n) is 4.59. The van der Waals surface area contributed by atoms with E-state index >= 15 is 0 Å². The molecule has 0 aliphatic carbocycles. The predicted octanol–water partition coefficient (Wildman–Crippen LogP) is 7.29. The molecule has 1 amide bonds. The van der Waals surface area contributed by atoms with Crippen LogP contribution in [0, 0.1) is 5.82 Å². The van der Waals surface area contributed by atoms with Crippen molar-refractivity contribution in [2.45, 2.75) is 50.8 Å². The molecule has 0 bridgehead atoms. The second kappa shape index (κ2) is 11.1. The molecule has 0 saturated heterocycles. The Kier molecular flexibility index (Phi) is 7.84. The first-order chi connectivity index (χ1) is 19.3. The Morgan fingerprint density at radius 3 is 2.54 bits per heavy atom. The maximum absolute atomic E-state index is 14.9. The van der Waals surface area contributed by atoms with Crippen molar-refractivity contribution in [1.29, 1.82) is 0 Å². The SMILES string of the molecule is CC(C)(C)OC(=O)N1Cc2ccc(CCOc3ccc(S(=O)(=O)Nc4ccc(Cl)c5c(Cl)c[nH]c45)c(F)c3)cc2C1. The summed E-state index contributed by atoms with van der Waals surface area (Å²) in [7, 11) is -4.27. The summed E-state index contributed by atoms with van der Waals surface area (Å²) in [5.41, 5.74) is 3.10. The third-order valence-electron chi connectivity index (χ3n) is 6.48. The van der Waals surface area contributed by atoms with Crippen molar-refractivity contribution in [2.24, 2.45) is 0 Å². The van der Waals surface area contributed by atoms with Crippen molar-refractivity contribution < 1.29 is 27.1 Å². The number of fused-ring (bicyclic) bond motifs is 2. The third kappa shape index (κ3) is 6.39. The quantitative estimate of drug-likeness (QED) is 0.226. The Morgan fingerprint density at radius 1 is 1.05 bits per heavy atom. The van der Waals surface area contributed by atoms with Gasteiger partial charge in [0.2, 0.25) is 0 Å². The standard InChI is InChI=1S/C29H28Cl2FN3O5S/c1-29(2,3)40-28(36)35-15-18-5-4-17(12-19(18)16-35)10-11-39-20-6-9-25(23(32)13-20)41(37,38)34-24-8-7-21(30)26-22(31)14-33-27(24)26/h4-9,12-14,33-34H,10-11,15-16H2,1-3H3. The first-order valence-electron chi connectivity index (χ1n) is 12.8. The molecule has 3 aromatic carbocycles. The van der Waals surface area contributed by atoms with E-state index in [1.165, 1.54) is 24.4 Å². The largest absolute Gasteiger partial charge is 0.493 e. The van der Waals surface area contributed by atoms with Crippen LogP contribution in [-0.2, 0) is 34.3 Å². The maximum Gasteiger partial charge on any atom is 0.410 e. The molecule has 41 heavy (non-hydrogen) atoms. The first kappa shape index (κ1) is 29.0. The summed E-state index contributed by atoms with van der Waals surface area (Å²) in [6, 6.07) is 12.6. The Balaban J connectivity index is 1.21. The number of sulfonamides is 1. The molecule has 216 valence electrons. The average Bonchev–Trinajstić information content (AvgIpc) is 3.49. The molecule has 0 fully saturated rings. The van der Waals surface area contributed by atoms with Crippen molar-refractivity contribution in [3.63, 3.8) is 0 Å². The van der Waals surface area contributed by atoms with Crippen LogP contribution in [-0.4, -0.2) is 36.6 Å². The van der Waals surface area contributed by atoms with Crippen LogP contribution in [0.25, 0.3) is 10.9 Å². The summed E-state index contributed by atoms with van der Waals surface area (Å²) in [6.45, 7) is 6.70. The number of carbonyl (C=O) groups excluding carboxylic acids is 1. The highest BCUT2D eigenvalue weighted by molar-refractivity contribution is 7.92. The summed E-state index contributed by atoms with van der Waals surface area (Å²) in [4.78, 5) is 16.4. The number of nitrogens with zero attached hydrogens (tertiary/aromatic N) is 1. The number of benzene rings is 3. The number of aromatic amines is 1. The van der Waals surface area contributed by atoms with Crippen LogP contribution in [0.4, 0.5) is 14.9 Å². The number of carbonyl (C=O) groups is 1. The van der Waals surface area contributed by atoms with Crippen LogP contribution < -0.4 is 9.46 Å². The second-order valence-electron chi connectivity index (χ2n) is 10.7. The Hall–Kier alpha value is -3.47. The van der Waals surface area contributed by atoms with E-state index in [4.69, 9.17) is 32.7 Å². The molecular weight excluding hydrogens is 592 g/mol. The minimum Gasteiger partial charge on any atom is -0.493 e. The fraction of sp³-hybridized carbons (Fsp3) is 0.276. The van der Waals surface area contributed by atoms with Gasteiger partial charge < -0.3 is 14.5 Å². The molecule has 0 unspecified atom stereocenters. The Morgan fingerprint density at radius 2 is 1.80 bits per heavy atom. The third-order valence-corrected chi connectivity index (χ3v) is 8.49. The zero-order valence-electron chi connectivity index (χ0n) is 22.6. The summed E-state index contributed by atoms with van der Waals surface area (Å²) in [6.07, 6.45) is 1.68. The normalized spacial score (nSPS) is 13.4. The molecule has 12 heteroatoms. The molecule has 4 aromatic rings. The number of aromatic nitrogens is 1. The lowest BCUT2D eigenvalue weighted by molar-refractivity contribution is 0.0241. The van der Waals surface area contributed by atoms with Crippen LogP contribution >= 0.6 is 23.2 Å². The second-order valence-corrected chi connectivity index (χ2v) is 13.2. The van der Waals surface area contributed by atoms with Crippen molar-refractivity contribution in [3.8, 4) is 5.75 Å². The van der Waals surface area contributed by atoms with E-state index in [0.29, 0.717) is 40.5 Å².